The predicted octanol–water partition coefficient (Wildman–Crippen LogP) is 4.60. The van der Waals surface area contributed by atoms with Gasteiger partial charge >= 0.3 is 0 Å². The third-order valence-corrected chi connectivity index (χ3v) is 7.05. The first kappa shape index (κ1) is 29.6. The molecule has 1 atom stereocenters. The van der Waals surface area contributed by atoms with Gasteiger partial charge in [0.15, 0.2) is 0 Å². The fourth-order valence-electron chi connectivity index (χ4n) is 3.74. The molecule has 0 aliphatic heterocycles. The average molecular weight is 540 g/mol. The van der Waals surface area contributed by atoms with Gasteiger partial charge in [-0.3, -0.25) is 13.9 Å². The summed E-state index contributed by atoms with van der Waals surface area (Å²) in [4.78, 5) is 27.9. The van der Waals surface area contributed by atoms with E-state index < -0.39 is 21.9 Å². The van der Waals surface area contributed by atoms with E-state index in [9.17, 15) is 22.4 Å². The number of hydrogen-bond donors (Lipinski definition) is 1. The molecular formula is C26H35ClFN3O4S. The zero-order valence-corrected chi connectivity index (χ0v) is 22.8. The van der Waals surface area contributed by atoms with E-state index >= 15 is 0 Å². The van der Waals surface area contributed by atoms with Gasteiger partial charge in [0, 0.05) is 31.1 Å². The zero-order chi connectivity index (χ0) is 26.9. The Hall–Kier alpha value is -2.65. The quantitative estimate of drug-likeness (QED) is 0.403. The van der Waals surface area contributed by atoms with Gasteiger partial charge in [-0.15, -0.1) is 0 Å². The fraction of sp³-hybridized carbons (Fsp3) is 0.462. The molecule has 1 unspecified atom stereocenters. The van der Waals surface area contributed by atoms with Crippen molar-refractivity contribution in [2.45, 2.75) is 52.6 Å². The summed E-state index contributed by atoms with van der Waals surface area (Å²) in [5.41, 5.74) is 1.15. The molecule has 7 nitrogen and oxygen atoms in total. The van der Waals surface area contributed by atoms with E-state index in [2.05, 4.69) is 5.32 Å². The van der Waals surface area contributed by atoms with Gasteiger partial charge in [-0.1, -0.05) is 44.5 Å². The maximum Gasteiger partial charge on any atom is 0.242 e. The number of hydrogen-bond acceptors (Lipinski definition) is 4. The highest BCUT2D eigenvalue weighted by molar-refractivity contribution is 7.92. The number of rotatable bonds is 13. The van der Waals surface area contributed by atoms with Crippen LogP contribution in [0.1, 0.15) is 45.6 Å². The van der Waals surface area contributed by atoms with Gasteiger partial charge in [0.05, 0.1) is 11.9 Å². The molecule has 2 aromatic rings. The smallest absolute Gasteiger partial charge is 0.242 e. The molecule has 0 saturated heterocycles. The summed E-state index contributed by atoms with van der Waals surface area (Å²) in [5.74, 6) is -0.691. The molecule has 0 aliphatic rings. The van der Waals surface area contributed by atoms with E-state index in [0.717, 1.165) is 16.1 Å². The molecule has 0 fully saturated rings. The second-order valence-corrected chi connectivity index (χ2v) is 11.5. The Labute approximate surface area is 218 Å². The monoisotopic (exact) mass is 539 g/mol. The number of anilines is 1. The van der Waals surface area contributed by atoms with Gasteiger partial charge in [-0.05, 0) is 60.7 Å². The minimum absolute atomic E-state index is 0.0365. The van der Waals surface area contributed by atoms with Crippen LogP contribution in [-0.2, 0) is 26.2 Å². The third-order valence-electron chi connectivity index (χ3n) is 5.60. The summed E-state index contributed by atoms with van der Waals surface area (Å²) in [6.45, 7) is 6.60. The number of nitrogens with zero attached hydrogens (tertiary/aromatic N) is 2. The van der Waals surface area contributed by atoms with Crippen LogP contribution in [0, 0.1) is 11.7 Å². The predicted molar refractivity (Wildman–Crippen MR) is 142 cm³/mol. The Bertz CT molecular complexity index is 1110. The number of carbonyl (C=O) groups excluding carboxylic acids is 2. The number of benzene rings is 2. The molecule has 2 aromatic carbocycles. The number of halogens is 2. The molecule has 0 saturated carbocycles. The maximum absolute atomic E-state index is 13.4. The summed E-state index contributed by atoms with van der Waals surface area (Å²) < 4.78 is 39.1. The van der Waals surface area contributed by atoms with Gasteiger partial charge < -0.3 is 10.2 Å². The fourth-order valence-corrected chi connectivity index (χ4v) is 4.83. The SMILES string of the molecule is CCC(C(=O)NCC(C)C)N(Cc1ccc(Cl)cc1)C(=O)CCCN(c1ccc(F)cc1)S(C)(=O)=O. The van der Waals surface area contributed by atoms with E-state index in [4.69, 9.17) is 11.6 Å². The lowest BCUT2D eigenvalue weighted by Crippen LogP contribution is -2.49. The maximum atomic E-state index is 13.4. The summed E-state index contributed by atoms with van der Waals surface area (Å²) in [6, 6.07) is 11.5. The van der Waals surface area contributed by atoms with Crippen LogP contribution < -0.4 is 9.62 Å². The van der Waals surface area contributed by atoms with E-state index in [0.29, 0.717) is 23.7 Å². The van der Waals surface area contributed by atoms with Crippen LogP contribution in [0.4, 0.5) is 10.1 Å². The number of sulfonamides is 1. The highest BCUT2D eigenvalue weighted by Crippen LogP contribution is 2.20. The van der Waals surface area contributed by atoms with Crippen molar-refractivity contribution >= 4 is 39.1 Å². The van der Waals surface area contributed by atoms with Crippen molar-refractivity contribution < 1.29 is 22.4 Å². The van der Waals surface area contributed by atoms with Crippen molar-refractivity contribution in [2.75, 3.05) is 23.7 Å². The van der Waals surface area contributed by atoms with Gasteiger partial charge in [-0.2, -0.15) is 0 Å². The Morgan fingerprint density at radius 1 is 1.06 bits per heavy atom. The van der Waals surface area contributed by atoms with Crippen LogP contribution in [0.15, 0.2) is 48.5 Å². The van der Waals surface area contributed by atoms with Crippen molar-refractivity contribution in [2.24, 2.45) is 5.92 Å². The lowest BCUT2D eigenvalue weighted by Gasteiger charge is -2.31. The highest BCUT2D eigenvalue weighted by Gasteiger charge is 2.29. The Morgan fingerprint density at radius 2 is 1.67 bits per heavy atom. The first-order valence-corrected chi connectivity index (χ1v) is 14.2. The minimum atomic E-state index is -3.64. The van der Waals surface area contributed by atoms with Crippen molar-refractivity contribution in [3.05, 3.63) is 64.9 Å². The van der Waals surface area contributed by atoms with Gasteiger partial charge in [-0.25, -0.2) is 12.8 Å². The number of nitrogens with one attached hydrogen (secondary N) is 1. The van der Waals surface area contributed by atoms with Crippen LogP contribution in [-0.4, -0.2) is 50.5 Å². The number of amides is 2. The third kappa shape index (κ3) is 9.09. The minimum Gasteiger partial charge on any atom is -0.354 e. The Morgan fingerprint density at radius 3 is 2.19 bits per heavy atom. The molecule has 2 rings (SSSR count). The van der Waals surface area contributed by atoms with Crippen LogP contribution in [0.2, 0.25) is 5.02 Å². The van der Waals surface area contributed by atoms with E-state index in [-0.39, 0.29) is 43.7 Å². The summed E-state index contributed by atoms with van der Waals surface area (Å²) in [7, 11) is -3.64. The summed E-state index contributed by atoms with van der Waals surface area (Å²) in [6.07, 6.45) is 1.75. The van der Waals surface area contributed by atoms with Crippen LogP contribution in [0.25, 0.3) is 0 Å². The molecule has 198 valence electrons. The van der Waals surface area contributed by atoms with Crippen molar-refractivity contribution in [1.29, 1.82) is 0 Å². The van der Waals surface area contributed by atoms with Crippen LogP contribution in [0.3, 0.4) is 0 Å². The zero-order valence-electron chi connectivity index (χ0n) is 21.2. The van der Waals surface area contributed by atoms with Crippen molar-refractivity contribution in [3.63, 3.8) is 0 Å². The summed E-state index contributed by atoms with van der Waals surface area (Å²) >= 11 is 6.00. The lowest BCUT2D eigenvalue weighted by molar-refractivity contribution is -0.141. The molecular weight excluding hydrogens is 505 g/mol. The van der Waals surface area contributed by atoms with Gasteiger partial charge in [0.25, 0.3) is 0 Å². The molecule has 0 aliphatic carbocycles. The molecule has 1 N–H and O–H groups in total. The van der Waals surface area contributed by atoms with E-state index in [1.165, 1.54) is 24.3 Å². The van der Waals surface area contributed by atoms with Crippen LogP contribution in [0.5, 0.6) is 0 Å². The molecule has 0 aromatic heterocycles. The molecule has 0 radical (unpaired) electrons. The van der Waals surface area contributed by atoms with Gasteiger partial charge in [0.1, 0.15) is 11.9 Å². The highest BCUT2D eigenvalue weighted by atomic mass is 35.5. The second kappa shape index (κ2) is 13.6. The molecule has 2 amide bonds. The molecule has 0 bridgehead atoms. The van der Waals surface area contributed by atoms with Crippen molar-refractivity contribution in [3.8, 4) is 0 Å². The van der Waals surface area contributed by atoms with Crippen molar-refractivity contribution in [1.82, 2.24) is 10.2 Å². The lowest BCUT2D eigenvalue weighted by atomic mass is 10.1. The molecule has 0 spiro atoms. The first-order chi connectivity index (χ1) is 16.9. The standard InChI is InChI=1S/C26H35ClFN3O4S/c1-5-24(26(33)29-17-19(2)3)30(18-20-8-10-21(27)11-9-20)25(32)7-6-16-31(36(4,34)35)23-14-12-22(28)13-15-23/h8-15,19,24H,5-7,16-18H2,1-4H3,(H,29,33). The Balaban J connectivity index is 2.19. The molecule has 0 heterocycles. The molecule has 36 heavy (non-hydrogen) atoms. The topological polar surface area (TPSA) is 86.8 Å². The average Bonchev–Trinajstić information content (AvgIpc) is 2.81. The van der Waals surface area contributed by atoms with E-state index in [1.807, 2.05) is 20.8 Å². The number of carbonyl (C=O) groups is 2. The van der Waals surface area contributed by atoms with Crippen LogP contribution >= 0.6 is 11.6 Å². The Kier molecular flexibility index (Phi) is 11.2. The normalized spacial score (nSPS) is 12.3. The largest absolute Gasteiger partial charge is 0.354 e. The second-order valence-electron chi connectivity index (χ2n) is 9.13. The first-order valence-electron chi connectivity index (χ1n) is 12.0. The molecule has 10 heteroatoms. The van der Waals surface area contributed by atoms with E-state index in [1.54, 1.807) is 29.2 Å². The summed E-state index contributed by atoms with van der Waals surface area (Å²) in [5, 5.41) is 3.48. The van der Waals surface area contributed by atoms with Gasteiger partial charge in [0.2, 0.25) is 21.8 Å².